The quantitative estimate of drug-likeness (QED) is 0.554. The summed E-state index contributed by atoms with van der Waals surface area (Å²) in [6.07, 6.45) is 5.44. The van der Waals surface area contributed by atoms with Crippen molar-refractivity contribution < 1.29 is 9.59 Å². The second-order valence-corrected chi connectivity index (χ2v) is 3.36. The highest BCUT2D eigenvalue weighted by molar-refractivity contribution is 5.48. The van der Waals surface area contributed by atoms with Gasteiger partial charge in [0.1, 0.15) is 6.04 Å². The highest BCUT2D eigenvalue weighted by atomic mass is 16.1. The third kappa shape index (κ3) is 1.75. The molecular formula is C12H8N2O2. The molecule has 1 aromatic carbocycles. The molecular weight excluding hydrogens is 204 g/mol. The van der Waals surface area contributed by atoms with Crippen molar-refractivity contribution in [1.29, 1.82) is 0 Å². The molecule has 0 saturated carbocycles. The first-order valence-corrected chi connectivity index (χ1v) is 4.79. The standard InChI is InChI=1S/C12H8N2O2/c15-7-13-11-6-5-9-3-1-2-4-10(9)12(11)14-8-16/h1-4,6,12H,5H2. The Balaban J connectivity index is 2.53. The van der Waals surface area contributed by atoms with Crippen LogP contribution in [0.2, 0.25) is 0 Å². The van der Waals surface area contributed by atoms with Crippen LogP contribution in [0, 0.1) is 0 Å². The molecule has 0 N–H and O–H groups in total. The molecule has 0 heterocycles. The molecule has 0 aliphatic heterocycles. The normalized spacial score (nSPS) is 17.5. The molecule has 0 aromatic heterocycles. The van der Waals surface area contributed by atoms with E-state index in [0.717, 1.165) is 11.1 Å². The fraction of sp³-hybridized carbons (Fsp3) is 0.167. The van der Waals surface area contributed by atoms with E-state index in [0.29, 0.717) is 12.1 Å². The number of isocyanates is 2. The lowest BCUT2D eigenvalue weighted by atomic mass is 9.91. The van der Waals surface area contributed by atoms with Gasteiger partial charge in [0.15, 0.2) is 0 Å². The van der Waals surface area contributed by atoms with Crippen LogP contribution in [-0.4, -0.2) is 12.2 Å². The lowest BCUT2D eigenvalue weighted by Gasteiger charge is -2.19. The maximum Gasteiger partial charge on any atom is 0.240 e. The number of hydrogen-bond acceptors (Lipinski definition) is 4. The monoisotopic (exact) mass is 212 g/mol. The van der Waals surface area contributed by atoms with Crippen LogP contribution in [0.1, 0.15) is 17.2 Å². The summed E-state index contributed by atoms with van der Waals surface area (Å²) in [7, 11) is 0. The molecule has 0 radical (unpaired) electrons. The number of hydrogen-bond donors (Lipinski definition) is 0. The lowest BCUT2D eigenvalue weighted by molar-refractivity contribution is 0.557. The summed E-state index contributed by atoms with van der Waals surface area (Å²) in [6, 6.07) is 7.08. The van der Waals surface area contributed by atoms with Crippen molar-refractivity contribution in [3.63, 3.8) is 0 Å². The summed E-state index contributed by atoms with van der Waals surface area (Å²) in [6.45, 7) is 0. The molecule has 16 heavy (non-hydrogen) atoms. The SMILES string of the molecule is O=C=NC1=CCc2ccccc2C1N=C=O. The Morgan fingerprint density at radius 3 is 2.75 bits per heavy atom. The summed E-state index contributed by atoms with van der Waals surface area (Å²) in [5.74, 6) is 0. The van der Waals surface area contributed by atoms with Gasteiger partial charge in [-0.3, -0.25) is 0 Å². The van der Waals surface area contributed by atoms with Gasteiger partial charge in [-0.15, -0.1) is 0 Å². The Hall–Kier alpha value is -2.28. The fourth-order valence-electron chi connectivity index (χ4n) is 1.82. The van der Waals surface area contributed by atoms with E-state index in [1.807, 2.05) is 24.3 Å². The van der Waals surface area contributed by atoms with Crippen LogP contribution < -0.4 is 0 Å². The van der Waals surface area contributed by atoms with Crippen molar-refractivity contribution in [3.05, 3.63) is 47.2 Å². The first-order chi connectivity index (χ1) is 7.86. The van der Waals surface area contributed by atoms with Crippen LogP contribution in [0.3, 0.4) is 0 Å². The highest BCUT2D eigenvalue weighted by Crippen LogP contribution is 2.33. The molecule has 0 saturated heterocycles. The van der Waals surface area contributed by atoms with Crippen LogP contribution in [0.25, 0.3) is 0 Å². The maximum atomic E-state index is 10.4. The number of rotatable bonds is 2. The van der Waals surface area contributed by atoms with Gasteiger partial charge in [-0.1, -0.05) is 30.3 Å². The molecule has 0 fully saturated rings. The van der Waals surface area contributed by atoms with Crippen molar-refractivity contribution in [2.45, 2.75) is 12.5 Å². The average molecular weight is 212 g/mol. The molecule has 78 valence electrons. The van der Waals surface area contributed by atoms with Gasteiger partial charge in [0.05, 0.1) is 5.70 Å². The van der Waals surface area contributed by atoms with Gasteiger partial charge in [0, 0.05) is 0 Å². The predicted molar refractivity (Wildman–Crippen MR) is 57.2 cm³/mol. The zero-order valence-corrected chi connectivity index (χ0v) is 8.38. The number of carbonyl (C=O) groups excluding carboxylic acids is 2. The van der Waals surface area contributed by atoms with Gasteiger partial charge < -0.3 is 0 Å². The Labute approximate surface area is 92.0 Å². The molecule has 0 amide bonds. The largest absolute Gasteiger partial charge is 0.240 e. The predicted octanol–water partition coefficient (Wildman–Crippen LogP) is 1.84. The molecule has 1 unspecified atom stereocenters. The first-order valence-electron chi connectivity index (χ1n) is 4.79. The fourth-order valence-corrected chi connectivity index (χ4v) is 1.82. The zero-order chi connectivity index (χ0) is 11.4. The van der Waals surface area contributed by atoms with E-state index in [9.17, 15) is 9.59 Å². The Kier molecular flexibility index (Phi) is 2.88. The van der Waals surface area contributed by atoms with Gasteiger partial charge in [0.2, 0.25) is 12.2 Å². The minimum absolute atomic E-state index is 0.456. The smallest absolute Gasteiger partial charge is 0.211 e. The number of aliphatic imine (C=N–C) groups is 2. The Bertz CT molecular complexity index is 536. The molecule has 2 rings (SSSR count). The highest BCUT2D eigenvalue weighted by Gasteiger charge is 2.22. The maximum absolute atomic E-state index is 10.4. The summed E-state index contributed by atoms with van der Waals surface area (Å²) in [5, 5.41) is 0. The minimum Gasteiger partial charge on any atom is -0.211 e. The van der Waals surface area contributed by atoms with Crippen molar-refractivity contribution in [3.8, 4) is 0 Å². The number of benzene rings is 1. The van der Waals surface area contributed by atoms with E-state index in [1.54, 1.807) is 6.08 Å². The molecule has 0 spiro atoms. The lowest BCUT2D eigenvalue weighted by Crippen LogP contribution is -2.07. The number of fused-ring (bicyclic) bond motifs is 1. The summed E-state index contributed by atoms with van der Waals surface area (Å²) >= 11 is 0. The molecule has 1 aliphatic rings. The van der Waals surface area contributed by atoms with Crippen molar-refractivity contribution in [1.82, 2.24) is 0 Å². The van der Waals surface area contributed by atoms with Crippen LogP contribution in [0.15, 0.2) is 46.0 Å². The second-order valence-electron chi connectivity index (χ2n) is 3.36. The van der Waals surface area contributed by atoms with Crippen LogP contribution in [-0.2, 0) is 16.0 Å². The number of nitrogens with zero attached hydrogens (tertiary/aromatic N) is 2. The van der Waals surface area contributed by atoms with E-state index in [-0.39, 0.29) is 0 Å². The summed E-state index contributed by atoms with van der Waals surface area (Å²) in [4.78, 5) is 27.9. The third-order valence-electron chi connectivity index (χ3n) is 2.52. The van der Waals surface area contributed by atoms with Gasteiger partial charge in [-0.25, -0.2) is 9.59 Å². The van der Waals surface area contributed by atoms with Gasteiger partial charge in [-0.05, 0) is 17.5 Å². The summed E-state index contributed by atoms with van der Waals surface area (Å²) in [5.41, 5.74) is 2.43. The summed E-state index contributed by atoms with van der Waals surface area (Å²) < 4.78 is 0. The Morgan fingerprint density at radius 2 is 2.00 bits per heavy atom. The molecule has 0 bridgehead atoms. The number of allylic oxidation sites excluding steroid dienone is 1. The van der Waals surface area contributed by atoms with Crippen molar-refractivity contribution in [2.24, 2.45) is 9.98 Å². The van der Waals surface area contributed by atoms with E-state index >= 15 is 0 Å². The van der Waals surface area contributed by atoms with Crippen molar-refractivity contribution >= 4 is 12.2 Å². The van der Waals surface area contributed by atoms with Gasteiger partial charge in [0.25, 0.3) is 0 Å². The van der Waals surface area contributed by atoms with Gasteiger partial charge in [-0.2, -0.15) is 9.98 Å². The van der Waals surface area contributed by atoms with E-state index in [1.165, 1.54) is 12.2 Å². The van der Waals surface area contributed by atoms with Crippen LogP contribution >= 0.6 is 0 Å². The molecule has 1 aliphatic carbocycles. The molecule has 4 nitrogen and oxygen atoms in total. The second kappa shape index (κ2) is 4.49. The van der Waals surface area contributed by atoms with Gasteiger partial charge >= 0.3 is 0 Å². The molecule has 4 heteroatoms. The van der Waals surface area contributed by atoms with E-state index < -0.39 is 6.04 Å². The van der Waals surface area contributed by atoms with Crippen LogP contribution in [0.5, 0.6) is 0 Å². The van der Waals surface area contributed by atoms with Crippen molar-refractivity contribution in [2.75, 3.05) is 0 Å². The molecule has 1 aromatic rings. The Morgan fingerprint density at radius 1 is 1.19 bits per heavy atom. The zero-order valence-electron chi connectivity index (χ0n) is 8.38. The van der Waals surface area contributed by atoms with Crippen LogP contribution in [0.4, 0.5) is 0 Å². The minimum atomic E-state index is -0.524. The first kappa shape index (κ1) is 10.2. The third-order valence-corrected chi connectivity index (χ3v) is 2.52. The average Bonchev–Trinajstić information content (AvgIpc) is 2.32. The molecule has 1 atom stereocenters. The topological polar surface area (TPSA) is 58.9 Å². The van der Waals surface area contributed by atoms with E-state index in [4.69, 9.17) is 0 Å². The van der Waals surface area contributed by atoms with E-state index in [2.05, 4.69) is 9.98 Å².